The first-order chi connectivity index (χ1) is 8.99. The SMILES string of the molecule is CC1CCC(n2c(SCC(=O)O)n[nH]c2=O)C(C)C1. The highest BCUT2D eigenvalue weighted by Crippen LogP contribution is 2.37. The van der Waals surface area contributed by atoms with Gasteiger partial charge in [0.15, 0.2) is 5.16 Å². The van der Waals surface area contributed by atoms with Crippen LogP contribution >= 0.6 is 11.8 Å². The molecule has 19 heavy (non-hydrogen) atoms. The van der Waals surface area contributed by atoms with Crippen LogP contribution in [0.15, 0.2) is 9.95 Å². The lowest BCUT2D eigenvalue weighted by atomic mass is 9.80. The molecule has 0 spiro atoms. The predicted molar refractivity (Wildman–Crippen MR) is 72.4 cm³/mol. The van der Waals surface area contributed by atoms with Gasteiger partial charge in [-0.1, -0.05) is 25.6 Å². The molecule has 0 aliphatic heterocycles. The Balaban J connectivity index is 2.21. The number of nitrogens with one attached hydrogen (secondary N) is 1. The molecule has 0 amide bonds. The molecule has 0 bridgehead atoms. The van der Waals surface area contributed by atoms with Crippen molar-refractivity contribution in [1.29, 1.82) is 0 Å². The molecule has 106 valence electrons. The van der Waals surface area contributed by atoms with E-state index in [1.54, 1.807) is 4.57 Å². The summed E-state index contributed by atoms with van der Waals surface area (Å²) < 4.78 is 1.64. The quantitative estimate of drug-likeness (QED) is 0.823. The van der Waals surface area contributed by atoms with E-state index in [1.807, 2.05) is 0 Å². The van der Waals surface area contributed by atoms with Crippen LogP contribution < -0.4 is 5.69 Å². The fourth-order valence-corrected chi connectivity index (χ4v) is 3.56. The molecule has 1 aromatic heterocycles. The Morgan fingerprint density at radius 1 is 1.53 bits per heavy atom. The number of thioether (sulfide) groups is 1. The molecule has 1 aliphatic rings. The zero-order valence-electron chi connectivity index (χ0n) is 11.1. The Hall–Kier alpha value is -1.24. The maximum absolute atomic E-state index is 11.9. The molecule has 0 aromatic carbocycles. The highest BCUT2D eigenvalue weighted by atomic mass is 32.2. The first-order valence-electron chi connectivity index (χ1n) is 6.50. The molecule has 3 unspecified atom stereocenters. The monoisotopic (exact) mass is 285 g/mol. The number of carboxylic acids is 1. The molecule has 1 aliphatic carbocycles. The van der Waals surface area contributed by atoms with Crippen molar-refractivity contribution in [3.8, 4) is 0 Å². The van der Waals surface area contributed by atoms with Crippen LogP contribution in [-0.2, 0) is 4.79 Å². The molecular formula is C12H19N3O3S. The molecule has 3 atom stereocenters. The largest absolute Gasteiger partial charge is 0.481 e. The van der Waals surface area contributed by atoms with Gasteiger partial charge in [0.05, 0.1) is 5.75 Å². The minimum atomic E-state index is -0.905. The normalized spacial score (nSPS) is 27.4. The van der Waals surface area contributed by atoms with Crippen molar-refractivity contribution in [2.24, 2.45) is 11.8 Å². The maximum atomic E-state index is 11.9. The summed E-state index contributed by atoms with van der Waals surface area (Å²) in [5.41, 5.74) is -0.237. The van der Waals surface area contributed by atoms with Gasteiger partial charge in [-0.25, -0.2) is 9.89 Å². The number of carboxylic acid groups (broad SMARTS) is 1. The summed E-state index contributed by atoms with van der Waals surface area (Å²) in [6.07, 6.45) is 3.13. The third-order valence-electron chi connectivity index (χ3n) is 3.71. The van der Waals surface area contributed by atoms with E-state index in [4.69, 9.17) is 5.11 Å². The van der Waals surface area contributed by atoms with Gasteiger partial charge in [-0.3, -0.25) is 9.36 Å². The number of aromatic amines is 1. The third kappa shape index (κ3) is 3.20. The van der Waals surface area contributed by atoms with Gasteiger partial charge in [-0.15, -0.1) is 5.10 Å². The molecule has 1 heterocycles. The molecule has 1 aromatic rings. The van der Waals surface area contributed by atoms with Gasteiger partial charge in [-0.05, 0) is 31.1 Å². The molecule has 0 radical (unpaired) electrons. The number of aliphatic carboxylic acids is 1. The van der Waals surface area contributed by atoms with E-state index >= 15 is 0 Å². The minimum absolute atomic E-state index is 0.0816. The summed E-state index contributed by atoms with van der Waals surface area (Å²) in [6.45, 7) is 4.37. The van der Waals surface area contributed by atoms with Crippen molar-refractivity contribution in [3.05, 3.63) is 10.5 Å². The summed E-state index contributed by atoms with van der Waals surface area (Å²) in [4.78, 5) is 22.5. The van der Waals surface area contributed by atoms with Crippen molar-refractivity contribution in [1.82, 2.24) is 14.8 Å². The second-order valence-corrected chi connectivity index (χ2v) is 6.27. The van der Waals surface area contributed by atoms with Gasteiger partial charge >= 0.3 is 11.7 Å². The van der Waals surface area contributed by atoms with E-state index in [-0.39, 0.29) is 17.5 Å². The van der Waals surface area contributed by atoms with Crippen LogP contribution in [0.25, 0.3) is 0 Å². The highest BCUT2D eigenvalue weighted by Gasteiger charge is 2.30. The Labute approximate surface area is 115 Å². The fraction of sp³-hybridized carbons (Fsp3) is 0.750. The van der Waals surface area contributed by atoms with Crippen molar-refractivity contribution < 1.29 is 9.90 Å². The molecule has 2 rings (SSSR count). The first-order valence-corrected chi connectivity index (χ1v) is 7.49. The van der Waals surface area contributed by atoms with Crippen LogP contribution in [-0.4, -0.2) is 31.6 Å². The van der Waals surface area contributed by atoms with Gasteiger partial charge in [0.25, 0.3) is 0 Å². The van der Waals surface area contributed by atoms with E-state index in [0.29, 0.717) is 17.0 Å². The maximum Gasteiger partial charge on any atom is 0.344 e. The Morgan fingerprint density at radius 3 is 2.89 bits per heavy atom. The minimum Gasteiger partial charge on any atom is -0.481 e. The number of rotatable bonds is 4. The van der Waals surface area contributed by atoms with E-state index in [1.165, 1.54) is 0 Å². The number of hydrogen-bond donors (Lipinski definition) is 2. The summed E-state index contributed by atoms with van der Waals surface area (Å²) in [7, 11) is 0. The highest BCUT2D eigenvalue weighted by molar-refractivity contribution is 7.99. The summed E-state index contributed by atoms with van der Waals surface area (Å²) >= 11 is 1.09. The molecule has 1 saturated carbocycles. The van der Waals surface area contributed by atoms with Crippen LogP contribution in [0.2, 0.25) is 0 Å². The number of nitrogens with zero attached hydrogens (tertiary/aromatic N) is 2. The van der Waals surface area contributed by atoms with Crippen LogP contribution in [0.3, 0.4) is 0 Å². The van der Waals surface area contributed by atoms with Crippen LogP contribution in [0.1, 0.15) is 39.2 Å². The van der Waals surface area contributed by atoms with Crippen molar-refractivity contribution in [3.63, 3.8) is 0 Å². The number of carbonyl (C=O) groups is 1. The number of hydrogen-bond acceptors (Lipinski definition) is 4. The zero-order chi connectivity index (χ0) is 14.0. The fourth-order valence-electron chi connectivity index (χ4n) is 2.84. The van der Waals surface area contributed by atoms with Gasteiger partial charge < -0.3 is 5.11 Å². The second kappa shape index (κ2) is 5.81. The third-order valence-corrected chi connectivity index (χ3v) is 4.65. The van der Waals surface area contributed by atoms with E-state index < -0.39 is 5.97 Å². The van der Waals surface area contributed by atoms with Crippen molar-refractivity contribution in [2.45, 2.75) is 44.3 Å². The Morgan fingerprint density at radius 2 is 2.26 bits per heavy atom. The standard InChI is InChI=1S/C12H19N3O3S/c1-7-3-4-9(8(2)5-7)15-11(18)13-14-12(15)19-6-10(16)17/h7-9H,3-6H2,1-2H3,(H,13,18)(H,16,17). The first kappa shape index (κ1) is 14.2. The van der Waals surface area contributed by atoms with Crippen LogP contribution in [0.5, 0.6) is 0 Å². The van der Waals surface area contributed by atoms with Gasteiger partial charge in [0.2, 0.25) is 0 Å². The van der Waals surface area contributed by atoms with Crippen LogP contribution in [0, 0.1) is 11.8 Å². The lowest BCUT2D eigenvalue weighted by Gasteiger charge is -2.33. The summed E-state index contributed by atoms with van der Waals surface area (Å²) in [6, 6.07) is 0.124. The van der Waals surface area contributed by atoms with Crippen LogP contribution in [0.4, 0.5) is 0 Å². The topological polar surface area (TPSA) is 88.0 Å². The predicted octanol–water partition coefficient (Wildman–Crippen LogP) is 1.75. The van der Waals surface area contributed by atoms with E-state index in [9.17, 15) is 9.59 Å². The molecule has 1 fully saturated rings. The molecule has 0 saturated heterocycles. The average Bonchev–Trinajstić information content (AvgIpc) is 2.68. The molecule has 2 N–H and O–H groups in total. The van der Waals surface area contributed by atoms with E-state index in [0.717, 1.165) is 31.0 Å². The Kier molecular flexibility index (Phi) is 4.34. The Bertz CT molecular complexity index is 511. The zero-order valence-corrected chi connectivity index (χ0v) is 11.9. The van der Waals surface area contributed by atoms with Gasteiger partial charge in [-0.2, -0.15) is 0 Å². The van der Waals surface area contributed by atoms with E-state index in [2.05, 4.69) is 24.0 Å². The van der Waals surface area contributed by atoms with Gasteiger partial charge in [0, 0.05) is 6.04 Å². The molecule has 6 nitrogen and oxygen atoms in total. The number of H-pyrrole nitrogens is 1. The lowest BCUT2D eigenvalue weighted by molar-refractivity contribution is -0.133. The van der Waals surface area contributed by atoms with Crippen molar-refractivity contribution >= 4 is 17.7 Å². The second-order valence-electron chi connectivity index (χ2n) is 5.33. The summed E-state index contributed by atoms with van der Waals surface area (Å²) in [5, 5.41) is 15.6. The molecule has 7 heteroatoms. The summed E-state index contributed by atoms with van der Waals surface area (Å²) in [5.74, 6) is 0.103. The average molecular weight is 285 g/mol. The molecular weight excluding hydrogens is 266 g/mol. The lowest BCUT2D eigenvalue weighted by Crippen LogP contribution is -2.31. The van der Waals surface area contributed by atoms with Gasteiger partial charge in [0.1, 0.15) is 0 Å². The van der Waals surface area contributed by atoms with Crippen molar-refractivity contribution in [2.75, 3.05) is 5.75 Å². The number of aromatic nitrogens is 3. The smallest absolute Gasteiger partial charge is 0.344 e.